The largest absolute Gasteiger partial charge is 0.506 e. The first-order valence-corrected chi connectivity index (χ1v) is 23.8. The molecule has 5 atom stereocenters. The Balaban J connectivity index is 1.77. The predicted molar refractivity (Wildman–Crippen MR) is 231 cm³/mol. The van der Waals surface area contributed by atoms with Gasteiger partial charge >= 0.3 is 0 Å². The van der Waals surface area contributed by atoms with Crippen molar-refractivity contribution in [3.8, 4) is 5.75 Å². The smallest absolute Gasteiger partial charge is 0.258 e. The average Bonchev–Trinajstić information content (AvgIpc) is 3.20. The van der Waals surface area contributed by atoms with E-state index in [1.807, 2.05) is 66.7 Å². The molecule has 10 heteroatoms. The lowest BCUT2D eigenvalue weighted by molar-refractivity contribution is -0.268. The molecular formula is C45H66BrClO7Si. The van der Waals surface area contributed by atoms with Gasteiger partial charge in [-0.3, -0.25) is 0 Å². The monoisotopic (exact) mass is 860 g/mol. The molecule has 1 fully saturated rings. The number of hydrogen-bond donors (Lipinski definition) is 2. The topological polar surface area (TPSA) is 86.6 Å². The molecule has 55 heavy (non-hydrogen) atoms. The van der Waals surface area contributed by atoms with Crippen LogP contribution in [0.15, 0.2) is 71.2 Å². The van der Waals surface area contributed by atoms with Crippen LogP contribution in [-0.2, 0) is 30.1 Å². The molecule has 0 aliphatic carbocycles. The van der Waals surface area contributed by atoms with Crippen molar-refractivity contribution < 1.29 is 33.6 Å². The Morgan fingerprint density at radius 1 is 0.745 bits per heavy atom. The van der Waals surface area contributed by atoms with Crippen LogP contribution in [0.25, 0.3) is 0 Å². The molecule has 1 heterocycles. The zero-order valence-electron chi connectivity index (χ0n) is 34.0. The van der Waals surface area contributed by atoms with Crippen molar-refractivity contribution in [1.29, 1.82) is 0 Å². The van der Waals surface area contributed by atoms with Crippen LogP contribution >= 0.6 is 27.5 Å². The highest BCUT2D eigenvalue weighted by atomic mass is 79.9. The Morgan fingerprint density at radius 2 is 1.24 bits per heavy atom. The van der Waals surface area contributed by atoms with Crippen molar-refractivity contribution in [1.82, 2.24) is 0 Å². The minimum atomic E-state index is -3.27. The first-order chi connectivity index (χ1) is 26.5. The molecule has 3 aromatic carbocycles. The van der Waals surface area contributed by atoms with Crippen LogP contribution in [-0.4, -0.2) is 75.7 Å². The normalized spacial score (nSPS) is 20.6. The van der Waals surface area contributed by atoms with Gasteiger partial charge < -0.3 is 33.6 Å². The van der Waals surface area contributed by atoms with E-state index in [2.05, 4.69) is 57.5 Å². The van der Waals surface area contributed by atoms with Crippen molar-refractivity contribution in [2.45, 2.75) is 141 Å². The van der Waals surface area contributed by atoms with Gasteiger partial charge in [0.2, 0.25) is 0 Å². The molecule has 4 rings (SSSR count). The van der Waals surface area contributed by atoms with Crippen LogP contribution in [0.2, 0.25) is 10.1 Å². The maximum atomic E-state index is 12.9. The number of aryl methyl sites for hydroxylation is 1. The number of rotatable bonds is 24. The fourth-order valence-electron chi connectivity index (χ4n) is 7.43. The molecule has 306 valence electrons. The van der Waals surface area contributed by atoms with Crippen molar-refractivity contribution in [3.05, 3.63) is 87.4 Å². The van der Waals surface area contributed by atoms with Crippen LogP contribution in [0.1, 0.15) is 117 Å². The third-order valence-corrected chi connectivity index (χ3v) is 16.9. The molecule has 1 unspecified atom stereocenters. The van der Waals surface area contributed by atoms with E-state index in [9.17, 15) is 9.90 Å². The van der Waals surface area contributed by atoms with Crippen LogP contribution in [0.5, 0.6) is 5.75 Å². The van der Waals surface area contributed by atoms with Crippen LogP contribution in [0.4, 0.5) is 0 Å². The van der Waals surface area contributed by atoms with Crippen LogP contribution in [0, 0.1) is 0 Å². The Kier molecular flexibility index (Phi) is 19.2. The summed E-state index contributed by atoms with van der Waals surface area (Å²) in [5.41, 5.74) is 1.43. The first kappa shape index (κ1) is 45.9. The fourth-order valence-corrected chi connectivity index (χ4v) is 11.9. The van der Waals surface area contributed by atoms with E-state index in [0.717, 1.165) is 67.3 Å². The van der Waals surface area contributed by atoms with Crippen LogP contribution < -0.4 is 10.4 Å². The van der Waals surface area contributed by atoms with E-state index < -0.39 is 43.9 Å². The summed E-state index contributed by atoms with van der Waals surface area (Å²) in [6, 6.07) is 22.1. The van der Waals surface area contributed by atoms with Crippen molar-refractivity contribution in [3.63, 3.8) is 0 Å². The maximum Gasteiger partial charge on any atom is 0.258 e. The van der Waals surface area contributed by atoms with Crippen molar-refractivity contribution >= 4 is 46.2 Å². The highest BCUT2D eigenvalue weighted by Crippen LogP contribution is 2.47. The number of phenols is 1. The number of halogens is 2. The van der Waals surface area contributed by atoms with E-state index in [1.54, 1.807) is 0 Å². The maximum absolute atomic E-state index is 12.9. The van der Waals surface area contributed by atoms with Gasteiger partial charge in [-0.2, -0.15) is 0 Å². The van der Waals surface area contributed by atoms with Gasteiger partial charge in [-0.1, -0.05) is 139 Å². The van der Waals surface area contributed by atoms with Crippen LogP contribution in [0.3, 0.4) is 0 Å². The molecule has 1 saturated heterocycles. The van der Waals surface area contributed by atoms with Gasteiger partial charge in [0.25, 0.3) is 8.32 Å². The Bertz CT molecular complexity index is 1510. The Hall–Kier alpha value is -1.79. The standard InChI is InChI=1S/C45H66BrClO7Si/c1-7-11-27-50-32-37-42(51-28-12-8-2)44(53-30-14-10-4)43(52-29-13-9-3)41(54-37)36-31-33(39(47)38(46)40(36)48)25-26-45(5,6)55(49,34-21-17-15-18-22-34)35-23-19-16-20-24-35/h15-24,31,37,41-44,48-49H,7-14,25-30,32H2,1-6H3/t37-,41?,42-,43+,44+/m1/s1. The highest BCUT2D eigenvalue weighted by Gasteiger charge is 2.51. The van der Waals surface area contributed by atoms with E-state index in [1.165, 1.54) is 0 Å². The molecule has 0 saturated carbocycles. The zero-order valence-corrected chi connectivity index (χ0v) is 37.4. The van der Waals surface area contributed by atoms with Gasteiger partial charge in [0, 0.05) is 32.0 Å². The molecule has 3 aromatic rings. The second-order valence-corrected chi connectivity index (χ2v) is 20.6. The van der Waals surface area contributed by atoms with E-state index in [0.29, 0.717) is 60.9 Å². The van der Waals surface area contributed by atoms with Gasteiger partial charge in [0.15, 0.2) is 0 Å². The lowest BCUT2D eigenvalue weighted by Gasteiger charge is -2.46. The van der Waals surface area contributed by atoms with Gasteiger partial charge in [-0.25, -0.2) is 0 Å². The summed E-state index contributed by atoms with van der Waals surface area (Å²) in [7, 11) is -3.27. The number of aromatic hydroxyl groups is 1. The number of phenolic OH excluding ortho intramolecular Hbond substituents is 1. The summed E-state index contributed by atoms with van der Waals surface area (Å²) in [6.07, 6.45) is 6.31. The quantitative estimate of drug-likeness (QED) is 0.0685. The number of hydrogen-bond acceptors (Lipinski definition) is 7. The minimum Gasteiger partial charge on any atom is -0.506 e. The van der Waals surface area contributed by atoms with Gasteiger partial charge in [0.05, 0.1) is 16.1 Å². The minimum absolute atomic E-state index is 0.0184. The zero-order chi connectivity index (χ0) is 39.8. The second-order valence-electron chi connectivity index (χ2n) is 15.5. The molecule has 0 radical (unpaired) electrons. The Labute approximate surface area is 345 Å². The lowest BCUT2D eigenvalue weighted by atomic mass is 9.88. The average molecular weight is 862 g/mol. The van der Waals surface area contributed by atoms with Gasteiger partial charge in [-0.05, 0) is 81.5 Å². The summed E-state index contributed by atoms with van der Waals surface area (Å²) in [6.45, 7) is 15.5. The molecule has 1 aliphatic heterocycles. The molecular weight excluding hydrogens is 796 g/mol. The second kappa shape index (κ2) is 23.0. The SMILES string of the molecule is CCCCOC[C@H]1OC(c2cc(CCC(C)(C)[Si](O)(c3ccccc3)c3ccccc3)c(Cl)c(Br)c2O)[C@H](OCCCC)[C@@H](OCCCC)[C@@H]1OCCCC. The van der Waals surface area contributed by atoms with Crippen molar-refractivity contribution in [2.75, 3.05) is 33.0 Å². The summed E-state index contributed by atoms with van der Waals surface area (Å²) >= 11 is 10.7. The predicted octanol–water partition coefficient (Wildman–Crippen LogP) is 10.1. The molecule has 1 aliphatic rings. The van der Waals surface area contributed by atoms with E-state index >= 15 is 0 Å². The number of benzene rings is 3. The van der Waals surface area contributed by atoms with E-state index in [4.69, 9.17) is 35.3 Å². The molecule has 0 spiro atoms. The molecule has 2 N–H and O–H groups in total. The highest BCUT2D eigenvalue weighted by molar-refractivity contribution is 9.10. The number of unbranched alkanes of at least 4 members (excludes halogenated alkanes) is 4. The third-order valence-electron chi connectivity index (χ3n) is 11.0. The van der Waals surface area contributed by atoms with E-state index in [-0.39, 0.29) is 5.75 Å². The van der Waals surface area contributed by atoms with Crippen molar-refractivity contribution in [2.24, 2.45) is 0 Å². The summed E-state index contributed by atoms with van der Waals surface area (Å²) < 4.78 is 33.7. The molecule has 0 bridgehead atoms. The first-order valence-electron chi connectivity index (χ1n) is 20.7. The molecule has 0 aromatic heterocycles. The lowest BCUT2D eigenvalue weighted by Crippen LogP contribution is -2.65. The molecule has 7 nitrogen and oxygen atoms in total. The molecule has 0 amide bonds. The summed E-state index contributed by atoms with van der Waals surface area (Å²) in [4.78, 5) is 12.9. The van der Waals surface area contributed by atoms with Gasteiger partial charge in [-0.15, -0.1) is 0 Å². The Morgan fingerprint density at radius 3 is 1.76 bits per heavy atom. The van der Waals surface area contributed by atoms with Gasteiger partial charge in [0.1, 0.15) is 36.3 Å². The number of ether oxygens (including phenoxy) is 5. The summed E-state index contributed by atoms with van der Waals surface area (Å²) in [5, 5.41) is 13.7. The fraction of sp³-hybridized carbons (Fsp3) is 0.600. The summed E-state index contributed by atoms with van der Waals surface area (Å²) in [5.74, 6) is 0.0184. The third kappa shape index (κ3) is 11.7.